The second-order valence-electron chi connectivity index (χ2n) is 9.59. The molecule has 24 heteroatoms. The normalized spacial score (nSPS) is 18.4. The molecule has 0 amide bonds. The molecule has 0 aromatic heterocycles. The zero-order chi connectivity index (χ0) is 33.4. The van der Waals surface area contributed by atoms with Crippen molar-refractivity contribution in [1.82, 2.24) is 0 Å². The molecule has 1 aromatic carbocycles. The van der Waals surface area contributed by atoms with Gasteiger partial charge in [-0.1, -0.05) is 30.3 Å². The van der Waals surface area contributed by atoms with Crippen molar-refractivity contribution in [1.29, 1.82) is 0 Å². The Labute approximate surface area is 374 Å². The number of hydrogen-bond donors (Lipinski definition) is 0. The maximum absolute atomic E-state index is 12.9. The average Bonchev–Trinajstić information content (AvgIpc) is 3.69. The smallest absolute Gasteiger partial charge is 0.744 e. The predicted molar refractivity (Wildman–Crippen MR) is 158 cm³/mol. The van der Waals surface area contributed by atoms with Crippen LogP contribution in [0, 0.1) is 0 Å². The van der Waals surface area contributed by atoms with E-state index in [9.17, 15) is 51.9 Å². The number of benzene rings is 1. The number of rotatable bonds is 5. The van der Waals surface area contributed by atoms with Gasteiger partial charge in [0.1, 0.15) is 61.7 Å². The summed E-state index contributed by atoms with van der Waals surface area (Å²) in [6.45, 7) is 0. The summed E-state index contributed by atoms with van der Waals surface area (Å²) in [5.41, 5.74) is -4.96. The summed E-state index contributed by atoms with van der Waals surface area (Å²) in [4.78, 5) is 8.69. The molecule has 16 nitrogen and oxygen atoms in total. The Bertz CT molecular complexity index is 2540. The summed E-state index contributed by atoms with van der Waals surface area (Å²) in [5.74, 6) is 0. The number of aliphatic imine (C=N–C) groups is 4. The molecule has 0 spiro atoms. The second-order valence-corrected chi connectivity index (χ2v) is 14.9. The standard InChI is InChI=1S/C26H16N4O12S4.4Na/c31-43(32,33)23-19-12-17-9-7-15(28-17)10-14-6-8-16(27-14)11-18-20(13-4-2-1-3-5-13)24(44(34,35)36)21(29-18)25(45(37,38)39)22(30-19)26(23)46(40,41)42;;;;/h1-12H,(H,31,32,33)(H,34,35,36)(H,37,38,39)(H,40,41,42);;;;/q;4*+1/p-4. The SMILES string of the molecule is O=S(=O)([O-])C1=C2N=C(C=C3C=CC(=N3)C=C3C=CC(=N3)C=C3N=C1C(S(=O)(=O)[O-])=C3c1ccccc1)C(S(=O)(=O)[O-])=C2S(=O)(=O)[O-].[Na+].[Na+].[Na+].[Na+]. The van der Waals surface area contributed by atoms with Gasteiger partial charge in [-0.15, -0.1) is 0 Å². The second kappa shape index (κ2) is 16.4. The molecular formula is C26H12N4Na4O12S4. The maximum Gasteiger partial charge on any atom is 1.00 e. The van der Waals surface area contributed by atoms with Gasteiger partial charge in [-0.25, -0.2) is 53.6 Å². The van der Waals surface area contributed by atoms with Gasteiger partial charge >= 0.3 is 118 Å². The molecule has 1 aromatic rings. The molecule has 0 aliphatic carbocycles. The van der Waals surface area contributed by atoms with Gasteiger partial charge in [-0.3, -0.25) is 0 Å². The van der Waals surface area contributed by atoms with Crippen LogP contribution >= 0.6 is 0 Å². The fourth-order valence-corrected chi connectivity index (χ4v) is 8.68. The minimum atomic E-state index is -6.22. The molecular weight excluding hydrogens is 781 g/mol. The van der Waals surface area contributed by atoms with Gasteiger partial charge in [-0.2, -0.15) is 0 Å². The van der Waals surface area contributed by atoms with Gasteiger partial charge < -0.3 is 18.2 Å². The third kappa shape index (κ3) is 9.21. The van der Waals surface area contributed by atoms with Crippen LogP contribution in [-0.2, 0) is 40.5 Å². The van der Waals surface area contributed by atoms with Crippen LogP contribution in [0.15, 0.2) is 135 Å². The Morgan fingerprint density at radius 3 is 1.46 bits per heavy atom. The predicted octanol–water partition coefficient (Wildman–Crippen LogP) is -11.4. The van der Waals surface area contributed by atoms with Crippen molar-refractivity contribution < 1.29 is 170 Å². The molecule has 0 unspecified atom stereocenters. The first-order valence-corrected chi connectivity index (χ1v) is 18.0. The van der Waals surface area contributed by atoms with Crippen molar-refractivity contribution in [2.45, 2.75) is 0 Å². The van der Waals surface area contributed by atoms with Gasteiger partial charge in [0.2, 0.25) is 0 Å². The van der Waals surface area contributed by atoms with Crippen molar-refractivity contribution in [3.8, 4) is 0 Å². The molecule has 0 atom stereocenters. The third-order valence-corrected chi connectivity index (χ3v) is 10.3. The Morgan fingerprint density at radius 1 is 0.480 bits per heavy atom. The Kier molecular flexibility index (Phi) is 15.0. The zero-order valence-corrected chi connectivity index (χ0v) is 37.5. The minimum Gasteiger partial charge on any atom is -0.744 e. The molecule has 5 aliphatic heterocycles. The van der Waals surface area contributed by atoms with E-state index in [0.29, 0.717) is 11.8 Å². The molecule has 0 fully saturated rings. The first kappa shape index (κ1) is 45.6. The van der Waals surface area contributed by atoms with Gasteiger partial charge in [0.25, 0.3) is 0 Å². The van der Waals surface area contributed by atoms with Crippen LogP contribution in [0.1, 0.15) is 5.56 Å². The zero-order valence-electron chi connectivity index (χ0n) is 26.2. The van der Waals surface area contributed by atoms with E-state index >= 15 is 0 Å². The van der Waals surface area contributed by atoms with Crippen LogP contribution in [0.3, 0.4) is 0 Å². The minimum absolute atomic E-state index is 0. The molecule has 8 bridgehead atoms. The van der Waals surface area contributed by atoms with Gasteiger partial charge in [-0.05, 0) is 48.1 Å². The summed E-state index contributed by atoms with van der Waals surface area (Å²) >= 11 is 0. The third-order valence-electron chi connectivity index (χ3n) is 6.54. The van der Waals surface area contributed by atoms with Crippen LogP contribution in [0.4, 0.5) is 0 Å². The summed E-state index contributed by atoms with van der Waals surface area (Å²) < 4.78 is 152. The van der Waals surface area contributed by atoms with E-state index in [0.717, 1.165) is 6.08 Å². The summed E-state index contributed by atoms with van der Waals surface area (Å²) in [6, 6.07) is 6.96. The quantitative estimate of drug-likeness (QED) is 0.199. The molecule has 0 saturated heterocycles. The van der Waals surface area contributed by atoms with Gasteiger partial charge in [0, 0.05) is 5.57 Å². The van der Waals surface area contributed by atoms with E-state index in [2.05, 4.69) is 20.0 Å². The maximum atomic E-state index is 12.9. The average molecular weight is 793 g/mol. The molecule has 5 heterocycles. The largest absolute Gasteiger partial charge is 1.00 e. The van der Waals surface area contributed by atoms with Crippen molar-refractivity contribution in [3.63, 3.8) is 0 Å². The van der Waals surface area contributed by atoms with E-state index in [-0.39, 0.29) is 141 Å². The van der Waals surface area contributed by atoms with E-state index < -0.39 is 88.5 Å². The molecule has 0 radical (unpaired) electrons. The van der Waals surface area contributed by atoms with E-state index in [4.69, 9.17) is 0 Å². The Hall–Kier alpha value is -0.540. The van der Waals surface area contributed by atoms with Crippen LogP contribution in [0.25, 0.3) is 5.57 Å². The molecule has 50 heavy (non-hydrogen) atoms. The van der Waals surface area contributed by atoms with Crippen LogP contribution in [-0.4, -0.2) is 74.7 Å². The van der Waals surface area contributed by atoms with Crippen LogP contribution in [0.2, 0.25) is 0 Å². The Balaban J connectivity index is 0.00000217. The van der Waals surface area contributed by atoms with Crippen LogP contribution < -0.4 is 118 Å². The van der Waals surface area contributed by atoms with E-state index in [1.165, 1.54) is 60.7 Å². The topological polar surface area (TPSA) is 278 Å². The first-order chi connectivity index (χ1) is 21.3. The van der Waals surface area contributed by atoms with Crippen molar-refractivity contribution in [2.24, 2.45) is 20.0 Å². The van der Waals surface area contributed by atoms with Gasteiger partial charge in [0.05, 0.1) is 44.0 Å². The fraction of sp³-hybridized carbons (Fsp3) is 0. The van der Waals surface area contributed by atoms with Crippen molar-refractivity contribution in [3.05, 3.63) is 121 Å². The fourth-order valence-electron chi connectivity index (χ4n) is 4.91. The molecule has 5 aliphatic rings. The number of allylic oxidation sites excluding steroid dienone is 11. The van der Waals surface area contributed by atoms with Crippen molar-refractivity contribution in [2.75, 3.05) is 0 Å². The summed E-state index contributed by atoms with van der Waals surface area (Å²) in [6.07, 6.45) is 8.91. The summed E-state index contributed by atoms with van der Waals surface area (Å²) in [5, 5.41) is 0. The first-order valence-electron chi connectivity index (χ1n) is 12.3. The van der Waals surface area contributed by atoms with Gasteiger partial charge in [0.15, 0.2) is 0 Å². The number of hydrogen-bond acceptors (Lipinski definition) is 16. The van der Waals surface area contributed by atoms with Crippen LogP contribution in [0.5, 0.6) is 0 Å². The molecule has 6 rings (SSSR count). The number of fused-ring (bicyclic) bond motifs is 4. The molecule has 0 N–H and O–H groups in total. The van der Waals surface area contributed by atoms with E-state index in [1.807, 2.05) is 0 Å². The molecule has 236 valence electrons. The van der Waals surface area contributed by atoms with Crippen molar-refractivity contribution >= 4 is 68.9 Å². The summed E-state index contributed by atoms with van der Waals surface area (Å²) in [7, 11) is -24.3. The van der Waals surface area contributed by atoms with E-state index in [1.54, 1.807) is 0 Å². The Morgan fingerprint density at radius 2 is 0.960 bits per heavy atom. The monoisotopic (exact) mass is 792 g/mol. The number of nitrogens with zero attached hydrogens (tertiary/aromatic N) is 4. The molecule has 0 saturated carbocycles.